The van der Waals surface area contributed by atoms with Crippen LogP contribution in [0.25, 0.3) is 0 Å². The molecule has 0 fully saturated rings. The van der Waals surface area contributed by atoms with Gasteiger partial charge in [-0.2, -0.15) is 0 Å². The molecule has 1 N–H and O–H groups in total. The number of carbonyl (C=O) groups is 3. The maximum atomic E-state index is 13.3. The molecule has 236 valence electrons. The van der Waals surface area contributed by atoms with E-state index in [4.69, 9.17) is 9.47 Å². The summed E-state index contributed by atoms with van der Waals surface area (Å²) in [5.74, 6) is 1.50. The lowest BCUT2D eigenvalue weighted by molar-refractivity contribution is 0.0300. The molecule has 2 aliphatic rings. The zero-order chi connectivity index (χ0) is 33.0. The lowest BCUT2D eigenvalue weighted by Gasteiger charge is -2.35. The van der Waals surface area contributed by atoms with E-state index >= 15 is 0 Å². The lowest BCUT2D eigenvalue weighted by atomic mass is 9.78. The topological polar surface area (TPSA) is 96.4 Å². The molecule has 46 heavy (non-hydrogen) atoms. The molecule has 0 saturated heterocycles. The van der Waals surface area contributed by atoms with Crippen molar-refractivity contribution in [2.24, 2.45) is 0 Å². The van der Waals surface area contributed by atoms with Gasteiger partial charge in [0.2, 0.25) is 0 Å². The molecule has 0 saturated carbocycles. The Morgan fingerprint density at radius 3 is 1.61 bits per heavy atom. The van der Waals surface area contributed by atoms with Crippen LogP contribution in [0.3, 0.4) is 0 Å². The molecule has 0 bridgehead atoms. The Labute approximate surface area is 269 Å². The maximum absolute atomic E-state index is 13.3. The first-order valence-corrected chi connectivity index (χ1v) is 15.6. The Balaban J connectivity index is 1.14. The van der Waals surface area contributed by atoms with Gasteiger partial charge in [-0.3, -0.25) is 19.3 Å². The molecule has 2 aliphatic heterocycles. The number of ether oxygens (including phenoxy) is 2. The van der Waals surface area contributed by atoms with Crippen molar-refractivity contribution in [3.05, 3.63) is 118 Å². The molecule has 3 amide bonds. The van der Waals surface area contributed by atoms with Crippen LogP contribution in [-0.4, -0.2) is 45.2 Å². The van der Waals surface area contributed by atoms with Crippen LogP contribution in [0.2, 0.25) is 0 Å². The van der Waals surface area contributed by atoms with Gasteiger partial charge < -0.3 is 19.5 Å². The Kier molecular flexibility index (Phi) is 7.73. The minimum absolute atomic E-state index is 0.237. The molecule has 1 unspecified atom stereocenters. The standard InChI is InChI=1S/C38H38N2O6/c1-7-38(5,8-2)40-35(43)30-20-18-28(22-32(30)36(40)44)46-26-15-11-24(12-16-26)37(3,4)23-9-13-25(14-10-23)45-27-17-19-29-31(21-27)34(42)39(6)33(29)41/h9-22,33,41H,7-8H2,1-6H3. The van der Waals surface area contributed by atoms with E-state index < -0.39 is 11.8 Å². The summed E-state index contributed by atoms with van der Waals surface area (Å²) in [6.07, 6.45) is 0.425. The van der Waals surface area contributed by atoms with E-state index in [2.05, 4.69) is 13.8 Å². The quantitative estimate of drug-likeness (QED) is 0.192. The third kappa shape index (κ3) is 5.12. The molecular weight excluding hydrogens is 580 g/mol. The molecule has 0 radical (unpaired) electrons. The first-order chi connectivity index (χ1) is 21.9. The first kappa shape index (κ1) is 31.0. The first-order valence-electron chi connectivity index (χ1n) is 15.6. The van der Waals surface area contributed by atoms with E-state index in [9.17, 15) is 19.5 Å². The molecule has 0 aliphatic carbocycles. The molecule has 0 aromatic heterocycles. The predicted molar refractivity (Wildman–Crippen MR) is 175 cm³/mol. The average molecular weight is 619 g/mol. The fourth-order valence-corrected chi connectivity index (χ4v) is 6.18. The van der Waals surface area contributed by atoms with Crippen molar-refractivity contribution < 1.29 is 29.0 Å². The predicted octanol–water partition coefficient (Wildman–Crippen LogP) is 7.85. The average Bonchev–Trinajstić information content (AvgIpc) is 3.44. The number of benzene rings is 4. The summed E-state index contributed by atoms with van der Waals surface area (Å²) in [7, 11) is 1.57. The zero-order valence-corrected chi connectivity index (χ0v) is 27.0. The number of fused-ring (bicyclic) bond motifs is 2. The van der Waals surface area contributed by atoms with E-state index in [0.717, 1.165) is 11.1 Å². The van der Waals surface area contributed by atoms with Gasteiger partial charge in [0.05, 0.1) is 16.7 Å². The third-order valence-corrected chi connectivity index (χ3v) is 9.77. The number of hydrogen-bond donors (Lipinski definition) is 1. The van der Waals surface area contributed by atoms with Crippen molar-refractivity contribution in [3.63, 3.8) is 0 Å². The van der Waals surface area contributed by atoms with E-state index in [1.54, 1.807) is 43.4 Å². The summed E-state index contributed by atoms with van der Waals surface area (Å²) in [5, 5.41) is 10.2. The van der Waals surface area contributed by atoms with Crippen molar-refractivity contribution in [2.75, 3.05) is 7.05 Å². The van der Waals surface area contributed by atoms with Crippen LogP contribution >= 0.6 is 0 Å². The van der Waals surface area contributed by atoms with Crippen molar-refractivity contribution >= 4 is 17.7 Å². The van der Waals surface area contributed by atoms with Gasteiger partial charge in [0, 0.05) is 23.6 Å². The summed E-state index contributed by atoms with van der Waals surface area (Å²) in [6, 6.07) is 25.9. The normalized spacial score (nSPS) is 16.2. The van der Waals surface area contributed by atoms with Gasteiger partial charge in [-0.1, -0.05) is 58.0 Å². The van der Waals surface area contributed by atoms with Crippen LogP contribution < -0.4 is 9.47 Å². The smallest absolute Gasteiger partial charge is 0.262 e. The minimum Gasteiger partial charge on any atom is -0.457 e. The number of amides is 3. The number of carbonyl (C=O) groups excluding carboxylic acids is 3. The van der Waals surface area contributed by atoms with E-state index in [-0.39, 0.29) is 23.1 Å². The number of aliphatic hydroxyl groups is 1. The molecule has 2 heterocycles. The van der Waals surface area contributed by atoms with E-state index in [1.807, 2.05) is 69.3 Å². The van der Waals surface area contributed by atoms with Gasteiger partial charge in [-0.25, -0.2) is 0 Å². The Morgan fingerprint density at radius 2 is 1.09 bits per heavy atom. The molecule has 4 aromatic carbocycles. The Hall–Kier alpha value is -4.95. The summed E-state index contributed by atoms with van der Waals surface area (Å²) < 4.78 is 12.1. The van der Waals surface area contributed by atoms with Crippen molar-refractivity contribution in [1.82, 2.24) is 9.80 Å². The van der Waals surface area contributed by atoms with Crippen LogP contribution in [0.1, 0.15) is 101 Å². The second kappa shape index (κ2) is 11.4. The molecule has 8 nitrogen and oxygen atoms in total. The molecule has 4 aromatic rings. The number of aliphatic hydroxyl groups excluding tert-OH is 1. The van der Waals surface area contributed by atoms with E-state index in [1.165, 1.54) is 9.80 Å². The highest BCUT2D eigenvalue weighted by atomic mass is 16.5. The highest BCUT2D eigenvalue weighted by Crippen LogP contribution is 2.38. The van der Waals surface area contributed by atoms with E-state index in [0.29, 0.717) is 58.1 Å². The molecular formula is C38H38N2O6. The second-order valence-electron chi connectivity index (χ2n) is 12.8. The van der Waals surface area contributed by atoms with Gasteiger partial charge in [0.25, 0.3) is 17.7 Å². The van der Waals surface area contributed by atoms with Gasteiger partial charge >= 0.3 is 0 Å². The number of hydrogen-bond acceptors (Lipinski definition) is 6. The van der Waals surface area contributed by atoms with Crippen molar-refractivity contribution in [1.29, 1.82) is 0 Å². The van der Waals surface area contributed by atoms with Crippen LogP contribution in [-0.2, 0) is 5.41 Å². The lowest BCUT2D eigenvalue weighted by Crippen LogP contribution is -2.48. The summed E-state index contributed by atoms with van der Waals surface area (Å²) in [4.78, 5) is 41.5. The number of imide groups is 1. The summed E-state index contributed by atoms with van der Waals surface area (Å²) in [5.41, 5.74) is 3.10. The highest BCUT2D eigenvalue weighted by molar-refractivity contribution is 6.22. The van der Waals surface area contributed by atoms with Crippen LogP contribution in [0, 0.1) is 0 Å². The SMILES string of the molecule is CCC(C)(CC)N1C(=O)c2ccc(Oc3ccc(C(C)(C)c4ccc(Oc5ccc6c(c5)C(=O)N(C)C6O)cc4)cc3)cc2C1=O. The zero-order valence-electron chi connectivity index (χ0n) is 27.0. The Bertz CT molecular complexity index is 1840. The number of nitrogens with zero attached hydrogens (tertiary/aromatic N) is 2. The largest absolute Gasteiger partial charge is 0.457 e. The number of rotatable bonds is 9. The Morgan fingerprint density at radius 1 is 0.630 bits per heavy atom. The summed E-state index contributed by atoms with van der Waals surface area (Å²) in [6.45, 7) is 10.2. The molecule has 1 atom stereocenters. The maximum Gasteiger partial charge on any atom is 0.262 e. The van der Waals surface area contributed by atoms with Crippen molar-refractivity contribution in [2.45, 2.75) is 64.6 Å². The van der Waals surface area contributed by atoms with Crippen LogP contribution in [0.4, 0.5) is 0 Å². The van der Waals surface area contributed by atoms with Gasteiger partial charge in [-0.05, 0) is 85.5 Å². The molecule has 0 spiro atoms. The van der Waals surface area contributed by atoms with Crippen LogP contribution in [0.5, 0.6) is 23.0 Å². The highest BCUT2D eigenvalue weighted by Gasteiger charge is 2.45. The van der Waals surface area contributed by atoms with Gasteiger partial charge in [-0.15, -0.1) is 0 Å². The fraction of sp³-hybridized carbons (Fsp3) is 0.289. The third-order valence-electron chi connectivity index (χ3n) is 9.77. The minimum atomic E-state index is -0.940. The van der Waals surface area contributed by atoms with Gasteiger partial charge in [0.15, 0.2) is 6.23 Å². The molecule has 8 heteroatoms. The summed E-state index contributed by atoms with van der Waals surface area (Å²) >= 11 is 0. The monoisotopic (exact) mass is 618 g/mol. The fourth-order valence-electron chi connectivity index (χ4n) is 6.18. The van der Waals surface area contributed by atoms with Crippen molar-refractivity contribution in [3.8, 4) is 23.0 Å². The molecule has 6 rings (SSSR count). The van der Waals surface area contributed by atoms with Crippen LogP contribution in [0.15, 0.2) is 84.9 Å². The second-order valence-corrected chi connectivity index (χ2v) is 12.8. The van der Waals surface area contributed by atoms with Gasteiger partial charge in [0.1, 0.15) is 23.0 Å².